The van der Waals surface area contributed by atoms with Gasteiger partial charge in [0.1, 0.15) is 11.5 Å². The van der Waals surface area contributed by atoms with E-state index < -0.39 is 0 Å². The zero-order valence-corrected chi connectivity index (χ0v) is 22.2. The number of hydrogen-bond donors (Lipinski definition) is 3. The summed E-state index contributed by atoms with van der Waals surface area (Å²) in [5.74, 6) is 1.38. The highest BCUT2D eigenvalue weighted by Crippen LogP contribution is 2.34. The molecule has 0 saturated carbocycles. The Bertz CT molecular complexity index is 1430. The Labute approximate surface area is 217 Å². The fourth-order valence-electron chi connectivity index (χ4n) is 4.33. The quantitative estimate of drug-likeness (QED) is 0.419. The summed E-state index contributed by atoms with van der Waals surface area (Å²) in [5.41, 5.74) is 4.41. The third-order valence-electron chi connectivity index (χ3n) is 6.73. The summed E-state index contributed by atoms with van der Waals surface area (Å²) >= 11 is 0. The second-order valence-corrected chi connectivity index (χ2v) is 10.4. The van der Waals surface area contributed by atoms with Gasteiger partial charge in [-0.2, -0.15) is 0 Å². The van der Waals surface area contributed by atoms with Crippen molar-refractivity contribution in [2.75, 3.05) is 23.0 Å². The molecule has 0 saturated heterocycles. The predicted molar refractivity (Wildman–Crippen MR) is 150 cm³/mol. The van der Waals surface area contributed by atoms with Crippen molar-refractivity contribution >= 4 is 28.9 Å². The third kappa shape index (κ3) is 5.80. The van der Waals surface area contributed by atoms with Crippen LogP contribution in [0.15, 0.2) is 71.2 Å². The lowest BCUT2D eigenvalue weighted by Crippen LogP contribution is -2.22. The highest BCUT2D eigenvalue weighted by molar-refractivity contribution is 6.06. The van der Waals surface area contributed by atoms with Crippen molar-refractivity contribution in [2.45, 2.75) is 34.1 Å². The molecule has 1 aliphatic carbocycles. The maximum absolute atomic E-state index is 13.0. The second-order valence-electron chi connectivity index (χ2n) is 10.4. The summed E-state index contributed by atoms with van der Waals surface area (Å²) < 4.78 is 1.53. The summed E-state index contributed by atoms with van der Waals surface area (Å²) in [6.07, 6.45) is 8.70. The first-order chi connectivity index (χ1) is 17.6. The van der Waals surface area contributed by atoms with Crippen molar-refractivity contribution in [1.82, 2.24) is 14.8 Å². The Kier molecular flexibility index (Phi) is 7.29. The third-order valence-corrected chi connectivity index (χ3v) is 6.73. The molecule has 1 unspecified atom stereocenters. The van der Waals surface area contributed by atoms with Crippen LogP contribution in [0.25, 0.3) is 11.1 Å². The molecule has 37 heavy (non-hydrogen) atoms. The van der Waals surface area contributed by atoms with Crippen LogP contribution in [0.1, 0.15) is 32.8 Å². The van der Waals surface area contributed by atoms with Crippen LogP contribution in [0.4, 0.5) is 23.0 Å². The molecule has 3 aromatic rings. The highest BCUT2D eigenvalue weighted by Gasteiger charge is 2.24. The number of pyridine rings is 1. The molecule has 3 N–H and O–H groups in total. The van der Waals surface area contributed by atoms with E-state index in [0.717, 1.165) is 28.8 Å². The minimum atomic E-state index is -0.185. The number of carbonyl (C=O) groups is 1. The summed E-state index contributed by atoms with van der Waals surface area (Å²) in [5, 5.41) is 17.2. The van der Waals surface area contributed by atoms with Gasteiger partial charge in [0.25, 0.3) is 11.5 Å². The number of benzene rings is 1. The van der Waals surface area contributed by atoms with Gasteiger partial charge in [0.15, 0.2) is 5.82 Å². The van der Waals surface area contributed by atoms with Crippen LogP contribution < -0.4 is 21.5 Å². The average molecular weight is 499 g/mol. The molecule has 2 heterocycles. The predicted octanol–water partition coefficient (Wildman–Crippen LogP) is 5.42. The monoisotopic (exact) mass is 498 g/mol. The van der Waals surface area contributed by atoms with Gasteiger partial charge in [-0.3, -0.25) is 9.59 Å². The number of rotatable bonds is 6. The van der Waals surface area contributed by atoms with Gasteiger partial charge in [0.05, 0.1) is 0 Å². The normalized spacial score (nSPS) is 15.2. The number of amides is 1. The van der Waals surface area contributed by atoms with Crippen LogP contribution in [0, 0.1) is 18.3 Å². The molecule has 2 aromatic heterocycles. The van der Waals surface area contributed by atoms with E-state index in [-0.39, 0.29) is 16.9 Å². The Morgan fingerprint density at radius 2 is 1.81 bits per heavy atom. The standard InChI is InChI=1S/C29H34N6O2/c1-18-22(8-7-9-23(18)32-27(36)19-10-12-21(13-11-19)29(2,3)4)20-16-24(28(37)35(6)17-20)31-26-15-14-25(30-5)33-34-26/h7-12,14-17,21H,13H2,1-6H3,(H,30,33)(H,31,34)(H,32,36). The zero-order valence-electron chi connectivity index (χ0n) is 22.2. The molecule has 1 aliphatic rings. The van der Waals surface area contributed by atoms with Gasteiger partial charge in [0.2, 0.25) is 0 Å². The molecule has 8 nitrogen and oxygen atoms in total. The molecule has 192 valence electrons. The van der Waals surface area contributed by atoms with E-state index in [2.05, 4.69) is 53.0 Å². The molecule has 0 aliphatic heterocycles. The van der Waals surface area contributed by atoms with Crippen LogP contribution in [-0.2, 0) is 11.8 Å². The van der Waals surface area contributed by atoms with Gasteiger partial charge >= 0.3 is 0 Å². The van der Waals surface area contributed by atoms with Crippen LogP contribution in [0.5, 0.6) is 0 Å². The van der Waals surface area contributed by atoms with Gasteiger partial charge in [-0.1, -0.05) is 51.1 Å². The second kappa shape index (κ2) is 10.4. The number of nitrogens with zero attached hydrogens (tertiary/aromatic N) is 3. The summed E-state index contributed by atoms with van der Waals surface area (Å²) in [6, 6.07) is 11.1. The summed E-state index contributed by atoms with van der Waals surface area (Å²) in [4.78, 5) is 25.8. The Morgan fingerprint density at radius 3 is 2.43 bits per heavy atom. The number of hydrogen-bond acceptors (Lipinski definition) is 6. The molecule has 0 radical (unpaired) electrons. The number of aryl methyl sites for hydroxylation is 1. The van der Waals surface area contributed by atoms with Gasteiger partial charge in [-0.05, 0) is 60.1 Å². The van der Waals surface area contributed by atoms with Crippen molar-refractivity contribution in [3.05, 3.63) is 82.3 Å². The first-order valence-corrected chi connectivity index (χ1v) is 12.4. The maximum atomic E-state index is 13.0. The smallest absolute Gasteiger partial charge is 0.274 e. The Balaban J connectivity index is 1.58. The van der Waals surface area contributed by atoms with Gasteiger partial charge in [-0.25, -0.2) is 0 Å². The largest absolute Gasteiger partial charge is 0.372 e. The molecule has 4 rings (SSSR count). The zero-order chi connectivity index (χ0) is 26.7. The lowest BCUT2D eigenvalue weighted by atomic mass is 9.76. The molecule has 1 amide bonds. The van der Waals surface area contributed by atoms with Crippen LogP contribution in [0.3, 0.4) is 0 Å². The SMILES string of the molecule is CNc1ccc(Nc2cc(-c3cccc(NC(=O)C4=CCC(C(C)(C)C)C=C4)c3C)cn(C)c2=O)nn1. The molecule has 0 spiro atoms. The van der Waals surface area contributed by atoms with Crippen LogP contribution >= 0.6 is 0 Å². The molecule has 1 aromatic carbocycles. The van der Waals surface area contributed by atoms with E-state index in [1.807, 2.05) is 37.3 Å². The fourth-order valence-corrected chi connectivity index (χ4v) is 4.33. The minimum absolute atomic E-state index is 0.129. The van der Waals surface area contributed by atoms with E-state index in [4.69, 9.17) is 0 Å². The van der Waals surface area contributed by atoms with Gasteiger partial charge in [-0.15, -0.1) is 10.2 Å². The van der Waals surface area contributed by atoms with Crippen LogP contribution in [-0.4, -0.2) is 27.7 Å². The molecule has 0 fully saturated rings. The Morgan fingerprint density at radius 1 is 1.08 bits per heavy atom. The van der Waals surface area contributed by atoms with Crippen molar-refractivity contribution in [3.63, 3.8) is 0 Å². The minimum Gasteiger partial charge on any atom is -0.372 e. The fraction of sp³-hybridized carbons (Fsp3) is 0.310. The average Bonchev–Trinajstić information content (AvgIpc) is 2.88. The van der Waals surface area contributed by atoms with Crippen molar-refractivity contribution in [1.29, 1.82) is 0 Å². The van der Waals surface area contributed by atoms with Gasteiger partial charge in [0, 0.05) is 37.1 Å². The molecule has 8 heteroatoms. The Hall–Kier alpha value is -4.20. The van der Waals surface area contributed by atoms with E-state index in [1.165, 1.54) is 4.57 Å². The topological polar surface area (TPSA) is 101 Å². The first kappa shape index (κ1) is 25.9. The number of allylic oxidation sites excluding steroid dienone is 2. The van der Waals surface area contributed by atoms with Gasteiger partial charge < -0.3 is 20.5 Å². The molecular formula is C29H34N6O2. The summed E-state index contributed by atoms with van der Waals surface area (Å²) in [6.45, 7) is 8.60. The lowest BCUT2D eigenvalue weighted by Gasteiger charge is -2.29. The first-order valence-electron chi connectivity index (χ1n) is 12.4. The maximum Gasteiger partial charge on any atom is 0.274 e. The number of nitrogens with one attached hydrogen (secondary N) is 3. The van der Waals surface area contributed by atoms with E-state index >= 15 is 0 Å². The van der Waals surface area contributed by atoms with Crippen molar-refractivity contribution < 1.29 is 4.79 Å². The molecule has 1 atom stereocenters. The van der Waals surface area contributed by atoms with Crippen LogP contribution in [0.2, 0.25) is 0 Å². The highest BCUT2D eigenvalue weighted by atomic mass is 16.1. The number of aromatic nitrogens is 3. The molecular weight excluding hydrogens is 464 g/mol. The number of anilines is 4. The van der Waals surface area contributed by atoms with E-state index in [1.54, 1.807) is 38.5 Å². The number of carbonyl (C=O) groups excluding carboxylic acids is 1. The summed E-state index contributed by atoms with van der Waals surface area (Å²) in [7, 11) is 3.47. The lowest BCUT2D eigenvalue weighted by molar-refractivity contribution is -0.112. The van der Waals surface area contributed by atoms with Crippen molar-refractivity contribution in [2.24, 2.45) is 18.4 Å². The van der Waals surface area contributed by atoms with E-state index in [9.17, 15) is 9.59 Å². The van der Waals surface area contributed by atoms with Crippen molar-refractivity contribution in [3.8, 4) is 11.1 Å². The molecule has 0 bridgehead atoms. The van der Waals surface area contributed by atoms with E-state index in [0.29, 0.717) is 28.8 Å².